The summed E-state index contributed by atoms with van der Waals surface area (Å²) in [6.07, 6.45) is 1.72. The zero-order valence-corrected chi connectivity index (χ0v) is 13.5. The molecule has 1 N–H and O–H groups in total. The van der Waals surface area contributed by atoms with Crippen LogP contribution in [-0.4, -0.2) is 35.9 Å². The number of rotatable bonds is 4. The second-order valence-electron chi connectivity index (χ2n) is 4.81. The number of fused-ring (bicyclic) bond motifs is 1. The van der Waals surface area contributed by atoms with Crippen LogP contribution in [0.25, 0.3) is 10.2 Å². The molecule has 0 radical (unpaired) electrons. The molecule has 7 heteroatoms. The SMILES string of the molecule is O=C(COC(=O)[C@@H]1CCCN1)c1nc2ccc(Br)cc2s1. The highest BCUT2D eigenvalue weighted by Crippen LogP contribution is 2.25. The Morgan fingerprint density at radius 2 is 2.33 bits per heavy atom. The second kappa shape index (κ2) is 6.21. The van der Waals surface area contributed by atoms with Gasteiger partial charge >= 0.3 is 5.97 Å². The molecule has 1 aliphatic rings. The van der Waals surface area contributed by atoms with Crippen molar-refractivity contribution < 1.29 is 14.3 Å². The van der Waals surface area contributed by atoms with Crippen LogP contribution in [-0.2, 0) is 9.53 Å². The van der Waals surface area contributed by atoms with Gasteiger partial charge in [-0.1, -0.05) is 15.9 Å². The molecule has 0 saturated carbocycles. The average Bonchev–Trinajstić information content (AvgIpc) is 3.12. The van der Waals surface area contributed by atoms with Gasteiger partial charge in [-0.2, -0.15) is 0 Å². The number of Topliss-reactive ketones (excluding diaryl/α,β-unsaturated/α-hetero) is 1. The maximum atomic E-state index is 12.1. The Kier molecular flexibility index (Phi) is 4.32. The minimum Gasteiger partial charge on any atom is -0.456 e. The molecule has 2 aromatic rings. The summed E-state index contributed by atoms with van der Waals surface area (Å²) in [5.74, 6) is -0.622. The largest absolute Gasteiger partial charge is 0.456 e. The van der Waals surface area contributed by atoms with Gasteiger partial charge in [0.25, 0.3) is 0 Å². The lowest BCUT2D eigenvalue weighted by Crippen LogP contribution is -2.33. The zero-order chi connectivity index (χ0) is 14.8. The first kappa shape index (κ1) is 14.6. The van der Waals surface area contributed by atoms with Crippen molar-refractivity contribution in [2.24, 2.45) is 0 Å². The van der Waals surface area contributed by atoms with Gasteiger partial charge in [0.2, 0.25) is 5.78 Å². The Morgan fingerprint density at radius 1 is 1.48 bits per heavy atom. The van der Waals surface area contributed by atoms with E-state index in [1.54, 1.807) is 0 Å². The molecule has 2 heterocycles. The van der Waals surface area contributed by atoms with E-state index in [1.165, 1.54) is 11.3 Å². The molecule has 5 nitrogen and oxygen atoms in total. The molecule has 3 rings (SSSR count). The van der Waals surface area contributed by atoms with Crippen LogP contribution < -0.4 is 5.32 Å². The van der Waals surface area contributed by atoms with Crippen molar-refractivity contribution in [2.45, 2.75) is 18.9 Å². The number of nitrogens with zero attached hydrogens (tertiary/aromatic N) is 1. The number of esters is 1. The Morgan fingerprint density at radius 3 is 3.10 bits per heavy atom. The predicted octanol–water partition coefficient (Wildman–Crippen LogP) is 2.54. The number of nitrogens with one attached hydrogen (secondary N) is 1. The van der Waals surface area contributed by atoms with Gasteiger partial charge < -0.3 is 10.1 Å². The summed E-state index contributed by atoms with van der Waals surface area (Å²) < 4.78 is 6.94. The molecule has 21 heavy (non-hydrogen) atoms. The van der Waals surface area contributed by atoms with Gasteiger partial charge in [0.15, 0.2) is 11.6 Å². The molecule has 1 atom stereocenters. The molecule has 0 amide bonds. The Hall–Kier alpha value is -1.31. The number of aromatic nitrogens is 1. The number of hydrogen-bond acceptors (Lipinski definition) is 6. The van der Waals surface area contributed by atoms with Gasteiger partial charge in [-0.25, -0.2) is 4.98 Å². The quantitative estimate of drug-likeness (QED) is 0.663. The highest BCUT2D eigenvalue weighted by atomic mass is 79.9. The van der Waals surface area contributed by atoms with Crippen molar-refractivity contribution >= 4 is 49.2 Å². The minimum atomic E-state index is -0.357. The first-order valence-electron chi connectivity index (χ1n) is 6.63. The van der Waals surface area contributed by atoms with Crippen LogP contribution in [0.2, 0.25) is 0 Å². The van der Waals surface area contributed by atoms with Crippen LogP contribution in [0.15, 0.2) is 22.7 Å². The molecular formula is C14H13BrN2O3S. The first-order valence-corrected chi connectivity index (χ1v) is 8.24. The summed E-state index contributed by atoms with van der Waals surface area (Å²) in [6, 6.07) is 5.37. The number of halogens is 1. The van der Waals surface area contributed by atoms with Crippen LogP contribution in [0.3, 0.4) is 0 Å². The molecule has 110 valence electrons. The lowest BCUT2D eigenvalue weighted by molar-refractivity contribution is -0.144. The zero-order valence-electron chi connectivity index (χ0n) is 11.1. The third-order valence-corrected chi connectivity index (χ3v) is 4.83. The highest BCUT2D eigenvalue weighted by Gasteiger charge is 2.24. The van der Waals surface area contributed by atoms with Gasteiger partial charge in [-0.05, 0) is 37.6 Å². The number of hydrogen-bond donors (Lipinski definition) is 1. The van der Waals surface area contributed by atoms with Gasteiger partial charge in [-0.15, -0.1) is 11.3 Å². The molecule has 1 fully saturated rings. The van der Waals surface area contributed by atoms with Crippen molar-refractivity contribution in [3.8, 4) is 0 Å². The molecule has 1 saturated heterocycles. The van der Waals surface area contributed by atoms with E-state index >= 15 is 0 Å². The first-order chi connectivity index (χ1) is 10.1. The lowest BCUT2D eigenvalue weighted by atomic mass is 10.2. The maximum Gasteiger partial charge on any atom is 0.323 e. The number of benzene rings is 1. The molecular weight excluding hydrogens is 356 g/mol. The fraction of sp³-hybridized carbons (Fsp3) is 0.357. The topological polar surface area (TPSA) is 68.3 Å². The summed E-state index contributed by atoms with van der Waals surface area (Å²) in [5, 5.41) is 3.41. The monoisotopic (exact) mass is 368 g/mol. The van der Waals surface area contributed by atoms with Crippen LogP contribution in [0.1, 0.15) is 22.6 Å². The molecule has 0 spiro atoms. The average molecular weight is 369 g/mol. The fourth-order valence-electron chi connectivity index (χ4n) is 2.20. The van der Waals surface area contributed by atoms with E-state index in [2.05, 4.69) is 26.2 Å². The van der Waals surface area contributed by atoms with Crippen LogP contribution in [0.4, 0.5) is 0 Å². The van der Waals surface area contributed by atoms with E-state index in [4.69, 9.17) is 4.74 Å². The van der Waals surface area contributed by atoms with Gasteiger partial charge in [0.1, 0.15) is 6.04 Å². The third-order valence-electron chi connectivity index (χ3n) is 3.28. The Balaban J connectivity index is 1.65. The summed E-state index contributed by atoms with van der Waals surface area (Å²) >= 11 is 4.69. The lowest BCUT2D eigenvalue weighted by Gasteiger charge is -2.08. The summed E-state index contributed by atoms with van der Waals surface area (Å²) in [5.41, 5.74) is 0.773. The minimum absolute atomic E-state index is 0.252. The standard InChI is InChI=1S/C14H13BrN2O3S/c15-8-3-4-9-12(6-8)21-13(17-9)11(18)7-20-14(19)10-2-1-5-16-10/h3-4,6,10,16H,1-2,5,7H2/t10-/m0/s1. The maximum absolute atomic E-state index is 12.1. The van der Waals surface area contributed by atoms with E-state index in [0.29, 0.717) is 5.01 Å². The van der Waals surface area contributed by atoms with Crippen molar-refractivity contribution in [3.05, 3.63) is 27.7 Å². The second-order valence-corrected chi connectivity index (χ2v) is 6.76. The van der Waals surface area contributed by atoms with Gasteiger partial charge in [-0.3, -0.25) is 9.59 Å². The van der Waals surface area contributed by atoms with Crippen LogP contribution >= 0.6 is 27.3 Å². The Bertz CT molecular complexity index is 695. The summed E-state index contributed by atoms with van der Waals surface area (Å²) in [7, 11) is 0. The summed E-state index contributed by atoms with van der Waals surface area (Å²) in [6.45, 7) is 0.568. The normalized spacial score (nSPS) is 18.0. The van der Waals surface area contributed by atoms with Crippen LogP contribution in [0, 0.1) is 0 Å². The molecule has 0 aliphatic carbocycles. The molecule has 1 aromatic heterocycles. The van der Waals surface area contributed by atoms with Gasteiger partial charge in [0, 0.05) is 4.47 Å². The van der Waals surface area contributed by atoms with Crippen molar-refractivity contribution in [1.29, 1.82) is 0 Å². The Labute approximate surface area is 133 Å². The van der Waals surface area contributed by atoms with Crippen molar-refractivity contribution in [2.75, 3.05) is 13.2 Å². The van der Waals surface area contributed by atoms with Crippen LogP contribution in [0.5, 0.6) is 0 Å². The van der Waals surface area contributed by atoms with E-state index < -0.39 is 0 Å². The number of ether oxygens (including phenoxy) is 1. The highest BCUT2D eigenvalue weighted by molar-refractivity contribution is 9.10. The predicted molar refractivity (Wildman–Crippen MR) is 83.6 cm³/mol. The summed E-state index contributed by atoms with van der Waals surface area (Å²) in [4.78, 5) is 28.1. The van der Waals surface area contributed by atoms with E-state index in [1.807, 2.05) is 18.2 Å². The third kappa shape index (κ3) is 3.30. The van der Waals surface area contributed by atoms with Gasteiger partial charge in [0.05, 0.1) is 10.2 Å². The molecule has 1 aromatic carbocycles. The number of ketones is 1. The van der Waals surface area contributed by atoms with Crippen molar-refractivity contribution in [3.63, 3.8) is 0 Å². The molecule has 0 bridgehead atoms. The van der Waals surface area contributed by atoms with Crippen molar-refractivity contribution in [1.82, 2.24) is 10.3 Å². The molecule has 1 aliphatic heterocycles. The van der Waals surface area contributed by atoms with E-state index in [9.17, 15) is 9.59 Å². The number of thiazole rings is 1. The van der Waals surface area contributed by atoms with E-state index in [0.717, 1.165) is 34.1 Å². The number of carbonyl (C=O) groups is 2. The molecule has 0 unspecified atom stereocenters. The van der Waals surface area contributed by atoms with E-state index in [-0.39, 0.29) is 24.4 Å². The number of carbonyl (C=O) groups excluding carboxylic acids is 2. The fourth-order valence-corrected chi connectivity index (χ4v) is 3.64. The smallest absolute Gasteiger partial charge is 0.323 e.